The molecular weight excluding hydrogens is 324 g/mol. The van der Waals surface area contributed by atoms with Crippen LogP contribution in [-0.4, -0.2) is 17.6 Å². The van der Waals surface area contributed by atoms with Gasteiger partial charge in [0.2, 0.25) is 0 Å². The summed E-state index contributed by atoms with van der Waals surface area (Å²) in [7, 11) is 0. The fourth-order valence-corrected chi connectivity index (χ4v) is 4.55. The van der Waals surface area contributed by atoms with Crippen LogP contribution < -0.4 is 5.32 Å². The van der Waals surface area contributed by atoms with E-state index in [2.05, 4.69) is 53.1 Å². The number of likely N-dealkylation sites (N-methyl/N-ethyl adjacent to an activating group) is 1. The zero-order chi connectivity index (χ0) is 15.3. The summed E-state index contributed by atoms with van der Waals surface area (Å²) >= 11 is 3.55. The summed E-state index contributed by atoms with van der Waals surface area (Å²) in [6, 6.07) is 2.79. The first-order valence-corrected chi connectivity index (χ1v) is 9.18. The van der Waals surface area contributed by atoms with Crippen molar-refractivity contribution in [2.24, 2.45) is 11.3 Å². The highest BCUT2D eigenvalue weighted by molar-refractivity contribution is 9.10. The van der Waals surface area contributed by atoms with E-state index in [-0.39, 0.29) is 0 Å². The average Bonchev–Trinajstić information content (AvgIpc) is 2.87. The van der Waals surface area contributed by atoms with Gasteiger partial charge in [0.15, 0.2) is 0 Å². The van der Waals surface area contributed by atoms with E-state index in [4.69, 9.17) is 0 Å². The second-order valence-electron chi connectivity index (χ2n) is 6.99. The van der Waals surface area contributed by atoms with Gasteiger partial charge in [-0.3, -0.25) is 4.98 Å². The molecule has 0 saturated heterocycles. The minimum absolute atomic E-state index is 0.479. The fraction of sp³-hybridized carbons (Fsp3) is 0.722. The van der Waals surface area contributed by atoms with Crippen LogP contribution in [-0.2, 0) is 6.42 Å². The lowest BCUT2D eigenvalue weighted by Gasteiger charge is -2.40. The zero-order valence-corrected chi connectivity index (χ0v) is 15.2. The summed E-state index contributed by atoms with van der Waals surface area (Å²) in [6.45, 7) is 8.00. The summed E-state index contributed by atoms with van der Waals surface area (Å²) in [5.41, 5.74) is 1.82. The molecule has 1 heterocycles. The molecule has 118 valence electrons. The number of halogens is 1. The Bertz CT molecular complexity index is 439. The van der Waals surface area contributed by atoms with Gasteiger partial charge in [0.25, 0.3) is 0 Å². The van der Waals surface area contributed by atoms with Gasteiger partial charge in [0, 0.05) is 22.9 Å². The predicted molar refractivity (Wildman–Crippen MR) is 93.5 cm³/mol. The smallest absolute Gasteiger partial charge is 0.0410 e. The average molecular weight is 353 g/mol. The number of nitrogens with one attached hydrogen (secondary N) is 1. The van der Waals surface area contributed by atoms with Crippen molar-refractivity contribution >= 4 is 15.9 Å². The molecule has 0 radical (unpaired) electrons. The molecule has 1 aliphatic rings. The number of hydrogen-bond donors (Lipinski definition) is 1. The van der Waals surface area contributed by atoms with Crippen LogP contribution >= 0.6 is 15.9 Å². The van der Waals surface area contributed by atoms with Gasteiger partial charge in [-0.2, -0.15) is 0 Å². The fourth-order valence-electron chi connectivity index (χ4n) is 4.14. The summed E-state index contributed by atoms with van der Waals surface area (Å²) in [5, 5.41) is 3.80. The van der Waals surface area contributed by atoms with Gasteiger partial charge in [-0.1, -0.05) is 33.6 Å². The second kappa shape index (κ2) is 7.73. The number of nitrogens with zero attached hydrogens (tertiary/aromatic N) is 1. The molecule has 1 saturated carbocycles. The molecule has 0 amide bonds. The molecular formula is C18H29BrN2. The van der Waals surface area contributed by atoms with E-state index in [0.29, 0.717) is 11.5 Å². The van der Waals surface area contributed by atoms with Gasteiger partial charge >= 0.3 is 0 Å². The third-order valence-corrected chi connectivity index (χ3v) is 5.24. The van der Waals surface area contributed by atoms with Crippen LogP contribution in [0.1, 0.15) is 58.4 Å². The van der Waals surface area contributed by atoms with Crippen molar-refractivity contribution in [2.75, 3.05) is 6.54 Å². The Labute approximate surface area is 138 Å². The lowest BCUT2D eigenvalue weighted by atomic mass is 9.71. The molecule has 21 heavy (non-hydrogen) atoms. The van der Waals surface area contributed by atoms with E-state index in [1.54, 1.807) is 0 Å². The first kappa shape index (κ1) is 17.0. The van der Waals surface area contributed by atoms with E-state index < -0.39 is 0 Å². The van der Waals surface area contributed by atoms with Crippen molar-refractivity contribution in [3.63, 3.8) is 0 Å². The highest BCUT2D eigenvalue weighted by atomic mass is 79.9. The number of aromatic nitrogens is 1. The largest absolute Gasteiger partial charge is 0.313 e. The summed E-state index contributed by atoms with van der Waals surface area (Å²) in [5.74, 6) is 0.768. The minimum Gasteiger partial charge on any atom is -0.313 e. The van der Waals surface area contributed by atoms with Crippen LogP contribution in [0.2, 0.25) is 0 Å². The highest BCUT2D eigenvalue weighted by Crippen LogP contribution is 2.46. The lowest BCUT2D eigenvalue weighted by molar-refractivity contribution is 0.155. The third kappa shape index (κ3) is 4.53. The molecule has 1 aromatic rings. The van der Waals surface area contributed by atoms with Crippen molar-refractivity contribution in [1.29, 1.82) is 0 Å². The molecule has 2 nitrogen and oxygen atoms in total. The van der Waals surface area contributed by atoms with Crippen LogP contribution in [0.3, 0.4) is 0 Å². The van der Waals surface area contributed by atoms with E-state index in [9.17, 15) is 0 Å². The first-order valence-electron chi connectivity index (χ1n) is 8.38. The summed E-state index contributed by atoms with van der Waals surface area (Å²) in [4.78, 5) is 4.33. The third-order valence-electron chi connectivity index (χ3n) is 4.81. The normalized spacial score (nSPS) is 19.1. The molecule has 1 N–H and O–H groups in total. The maximum Gasteiger partial charge on any atom is 0.0410 e. The lowest BCUT2D eigenvalue weighted by Crippen LogP contribution is -2.46. The molecule has 1 aliphatic carbocycles. The molecule has 1 unspecified atom stereocenters. The van der Waals surface area contributed by atoms with E-state index >= 15 is 0 Å². The van der Waals surface area contributed by atoms with Gasteiger partial charge in [-0.25, -0.2) is 0 Å². The standard InChI is InChI=1S/C18H29BrN2/c1-4-21-17(10-15-9-16(19)13-20-12-15)18(11-14(2)3)7-5-6-8-18/h9,12-14,17,21H,4-8,10-11H2,1-3H3. The number of rotatable bonds is 7. The SMILES string of the molecule is CCNC(Cc1cncc(Br)c1)C1(CC(C)C)CCCC1. The van der Waals surface area contributed by atoms with E-state index in [1.165, 1.54) is 37.7 Å². The Balaban J connectivity index is 2.19. The zero-order valence-electron chi connectivity index (χ0n) is 13.7. The first-order chi connectivity index (χ1) is 10.1. The Hall–Kier alpha value is -0.410. The summed E-state index contributed by atoms with van der Waals surface area (Å²) < 4.78 is 1.08. The van der Waals surface area contributed by atoms with Crippen LogP contribution in [0.4, 0.5) is 0 Å². The van der Waals surface area contributed by atoms with E-state index in [0.717, 1.165) is 23.4 Å². The Morgan fingerprint density at radius 1 is 1.29 bits per heavy atom. The molecule has 0 bridgehead atoms. The van der Waals surface area contributed by atoms with Crippen LogP contribution in [0.5, 0.6) is 0 Å². The molecule has 3 heteroatoms. The molecule has 1 aromatic heterocycles. The van der Waals surface area contributed by atoms with Gasteiger partial charge in [-0.05, 0) is 71.1 Å². The maximum absolute atomic E-state index is 4.33. The van der Waals surface area contributed by atoms with Gasteiger partial charge in [0.1, 0.15) is 0 Å². The molecule has 0 aliphatic heterocycles. The van der Waals surface area contributed by atoms with Crippen LogP contribution in [0.15, 0.2) is 22.9 Å². The molecule has 1 atom stereocenters. The van der Waals surface area contributed by atoms with Crippen molar-refractivity contribution in [3.05, 3.63) is 28.5 Å². The van der Waals surface area contributed by atoms with Gasteiger partial charge < -0.3 is 5.32 Å². The van der Waals surface area contributed by atoms with Crippen molar-refractivity contribution < 1.29 is 0 Å². The number of hydrogen-bond acceptors (Lipinski definition) is 2. The Kier molecular flexibility index (Phi) is 6.24. The minimum atomic E-state index is 0.479. The highest BCUT2D eigenvalue weighted by Gasteiger charge is 2.41. The number of pyridine rings is 1. The van der Waals surface area contributed by atoms with Gasteiger partial charge in [0.05, 0.1) is 0 Å². The monoisotopic (exact) mass is 352 g/mol. The van der Waals surface area contributed by atoms with Crippen LogP contribution in [0.25, 0.3) is 0 Å². The van der Waals surface area contributed by atoms with E-state index in [1.807, 2.05) is 12.4 Å². The van der Waals surface area contributed by atoms with Crippen LogP contribution in [0, 0.1) is 11.3 Å². The Morgan fingerprint density at radius 3 is 2.57 bits per heavy atom. The van der Waals surface area contributed by atoms with Crippen molar-refractivity contribution in [2.45, 2.75) is 65.3 Å². The topological polar surface area (TPSA) is 24.9 Å². The molecule has 0 aromatic carbocycles. The van der Waals surface area contributed by atoms with Crippen molar-refractivity contribution in [1.82, 2.24) is 10.3 Å². The van der Waals surface area contributed by atoms with Gasteiger partial charge in [-0.15, -0.1) is 0 Å². The molecule has 0 spiro atoms. The predicted octanol–water partition coefficient (Wildman–Crippen LogP) is 4.97. The molecule has 2 rings (SSSR count). The molecule has 1 fully saturated rings. The quantitative estimate of drug-likeness (QED) is 0.748. The second-order valence-corrected chi connectivity index (χ2v) is 7.91. The maximum atomic E-state index is 4.33. The Morgan fingerprint density at radius 2 is 2.00 bits per heavy atom. The van der Waals surface area contributed by atoms with Crippen molar-refractivity contribution in [3.8, 4) is 0 Å². The summed E-state index contributed by atoms with van der Waals surface area (Å²) in [6.07, 6.45) is 11.9.